The van der Waals surface area contributed by atoms with Gasteiger partial charge in [-0.1, -0.05) is 244 Å². The maximum absolute atomic E-state index is 12.4. The molecule has 0 aromatic heterocycles. The molecule has 0 spiro atoms. The van der Waals surface area contributed by atoms with Crippen LogP contribution in [0.3, 0.4) is 0 Å². The highest BCUT2D eigenvalue weighted by Crippen LogP contribution is 2.17. The zero-order valence-corrected chi connectivity index (χ0v) is 40.5. The van der Waals surface area contributed by atoms with Gasteiger partial charge in [0.05, 0.1) is 25.4 Å². The standard InChI is InChI=1S/C54H105NO5/c1-3-5-7-9-11-13-14-15-21-25-28-32-36-40-44-48-54(59)60-49-45-41-37-33-29-26-23-20-18-16-17-19-22-24-27-31-35-39-43-47-53(58)55-51(50-56)52(57)46-42-38-34-30-12-10-8-6-4-2/h15,21,51-52,56-57H,3-14,16-20,22-50H2,1-2H3,(H,55,58)/b21-15-. The number of amides is 1. The Balaban J connectivity index is 3.36. The summed E-state index contributed by atoms with van der Waals surface area (Å²) in [4.78, 5) is 24.4. The van der Waals surface area contributed by atoms with Crippen molar-refractivity contribution in [3.05, 3.63) is 12.2 Å². The first-order chi connectivity index (χ1) is 29.5. The number of hydrogen-bond donors (Lipinski definition) is 3. The monoisotopic (exact) mass is 848 g/mol. The number of carbonyl (C=O) groups excluding carboxylic acids is 2. The fraction of sp³-hybridized carbons (Fsp3) is 0.926. The van der Waals surface area contributed by atoms with Gasteiger partial charge in [0.15, 0.2) is 0 Å². The Kier molecular flexibility index (Phi) is 49.1. The van der Waals surface area contributed by atoms with E-state index in [-0.39, 0.29) is 18.5 Å². The molecule has 1 amide bonds. The minimum Gasteiger partial charge on any atom is -0.466 e. The van der Waals surface area contributed by atoms with Gasteiger partial charge >= 0.3 is 5.97 Å². The van der Waals surface area contributed by atoms with Crippen LogP contribution in [0.2, 0.25) is 0 Å². The number of unbranched alkanes of at least 4 members (excludes halogenated alkanes) is 37. The van der Waals surface area contributed by atoms with E-state index in [1.54, 1.807) is 0 Å². The highest BCUT2D eigenvalue weighted by atomic mass is 16.5. The largest absolute Gasteiger partial charge is 0.466 e. The topological polar surface area (TPSA) is 95.9 Å². The molecule has 0 aliphatic rings. The van der Waals surface area contributed by atoms with Gasteiger partial charge in [0.2, 0.25) is 5.91 Å². The lowest BCUT2D eigenvalue weighted by atomic mass is 10.0. The molecule has 6 nitrogen and oxygen atoms in total. The fourth-order valence-corrected chi connectivity index (χ4v) is 8.40. The summed E-state index contributed by atoms with van der Waals surface area (Å²) in [7, 11) is 0. The van der Waals surface area contributed by atoms with Crippen molar-refractivity contribution < 1.29 is 24.5 Å². The quantitative estimate of drug-likeness (QED) is 0.0322. The third-order valence-electron chi connectivity index (χ3n) is 12.6. The molecular formula is C54H105NO5. The van der Waals surface area contributed by atoms with Crippen LogP contribution < -0.4 is 5.32 Å². The highest BCUT2D eigenvalue weighted by Gasteiger charge is 2.20. The van der Waals surface area contributed by atoms with E-state index in [1.165, 1.54) is 218 Å². The van der Waals surface area contributed by atoms with Gasteiger partial charge in [0, 0.05) is 12.8 Å². The van der Waals surface area contributed by atoms with Crippen LogP contribution in [0.4, 0.5) is 0 Å². The second kappa shape index (κ2) is 50.2. The van der Waals surface area contributed by atoms with Gasteiger partial charge in [-0.05, 0) is 51.4 Å². The number of esters is 1. The molecule has 2 atom stereocenters. The van der Waals surface area contributed by atoms with Crippen LogP contribution in [0.25, 0.3) is 0 Å². The van der Waals surface area contributed by atoms with Crippen LogP contribution in [0.5, 0.6) is 0 Å². The van der Waals surface area contributed by atoms with Crippen molar-refractivity contribution in [3.8, 4) is 0 Å². The molecule has 0 aromatic rings. The van der Waals surface area contributed by atoms with Crippen molar-refractivity contribution in [1.82, 2.24) is 5.32 Å². The number of nitrogens with one attached hydrogen (secondary N) is 1. The maximum atomic E-state index is 12.4. The summed E-state index contributed by atoms with van der Waals surface area (Å²) in [5.74, 6) is -0.0387. The van der Waals surface area contributed by atoms with Crippen molar-refractivity contribution in [2.24, 2.45) is 0 Å². The molecule has 356 valence electrons. The predicted molar refractivity (Wildman–Crippen MR) is 260 cm³/mol. The summed E-state index contributed by atoms with van der Waals surface area (Å²) >= 11 is 0. The van der Waals surface area contributed by atoms with Crippen molar-refractivity contribution >= 4 is 11.9 Å². The molecule has 0 radical (unpaired) electrons. The summed E-state index contributed by atoms with van der Waals surface area (Å²) in [6.07, 6.45) is 57.7. The molecule has 0 rings (SSSR count). The molecule has 0 saturated carbocycles. The Bertz CT molecular complexity index is 893. The van der Waals surface area contributed by atoms with Gasteiger partial charge in [-0.3, -0.25) is 9.59 Å². The molecule has 0 aromatic carbocycles. The lowest BCUT2D eigenvalue weighted by Gasteiger charge is -2.22. The van der Waals surface area contributed by atoms with Crippen molar-refractivity contribution in [3.63, 3.8) is 0 Å². The summed E-state index contributed by atoms with van der Waals surface area (Å²) < 4.78 is 5.47. The molecule has 60 heavy (non-hydrogen) atoms. The normalized spacial score (nSPS) is 12.7. The lowest BCUT2D eigenvalue weighted by Crippen LogP contribution is -2.45. The van der Waals surface area contributed by atoms with E-state index in [2.05, 4.69) is 31.3 Å². The maximum Gasteiger partial charge on any atom is 0.305 e. The average molecular weight is 848 g/mol. The van der Waals surface area contributed by atoms with Crippen LogP contribution in [0, 0.1) is 0 Å². The van der Waals surface area contributed by atoms with E-state index in [0.717, 1.165) is 44.9 Å². The van der Waals surface area contributed by atoms with Gasteiger partial charge in [-0.15, -0.1) is 0 Å². The Labute approximate surface area is 374 Å². The van der Waals surface area contributed by atoms with Crippen LogP contribution in [0.1, 0.15) is 296 Å². The summed E-state index contributed by atoms with van der Waals surface area (Å²) in [5.41, 5.74) is 0. The van der Waals surface area contributed by atoms with Crippen LogP contribution in [-0.4, -0.2) is 47.4 Å². The molecule has 0 saturated heterocycles. The second-order valence-electron chi connectivity index (χ2n) is 18.6. The van der Waals surface area contributed by atoms with Crippen molar-refractivity contribution in [2.75, 3.05) is 13.2 Å². The van der Waals surface area contributed by atoms with E-state index < -0.39 is 12.1 Å². The van der Waals surface area contributed by atoms with E-state index in [9.17, 15) is 19.8 Å². The van der Waals surface area contributed by atoms with E-state index in [1.807, 2.05) is 0 Å². The SMILES string of the molecule is CCCCCCCC/C=C\CCCCCCCC(=O)OCCCCCCCCCCCCCCCCCCCCCC(=O)NC(CO)C(O)CCCCCCCCCCC. The third kappa shape index (κ3) is 46.1. The lowest BCUT2D eigenvalue weighted by molar-refractivity contribution is -0.143. The highest BCUT2D eigenvalue weighted by molar-refractivity contribution is 5.76. The number of aliphatic hydroxyl groups excluding tert-OH is 2. The number of hydrogen-bond acceptors (Lipinski definition) is 5. The smallest absolute Gasteiger partial charge is 0.305 e. The van der Waals surface area contributed by atoms with Gasteiger partial charge in [0.1, 0.15) is 0 Å². The Morgan fingerprint density at radius 1 is 0.450 bits per heavy atom. The number of carbonyl (C=O) groups is 2. The second-order valence-corrected chi connectivity index (χ2v) is 18.6. The van der Waals surface area contributed by atoms with Crippen LogP contribution in [-0.2, 0) is 14.3 Å². The Hall–Kier alpha value is -1.40. The van der Waals surface area contributed by atoms with E-state index >= 15 is 0 Å². The third-order valence-corrected chi connectivity index (χ3v) is 12.6. The van der Waals surface area contributed by atoms with Crippen LogP contribution >= 0.6 is 0 Å². The molecular weight excluding hydrogens is 743 g/mol. The molecule has 0 fully saturated rings. The molecule has 2 unspecified atom stereocenters. The van der Waals surface area contributed by atoms with Gasteiger partial charge in [0.25, 0.3) is 0 Å². The number of ether oxygens (including phenoxy) is 1. The van der Waals surface area contributed by atoms with Crippen molar-refractivity contribution in [2.45, 2.75) is 309 Å². The zero-order chi connectivity index (χ0) is 43.7. The first-order valence-corrected chi connectivity index (χ1v) is 26.9. The van der Waals surface area contributed by atoms with Gasteiger partial charge < -0.3 is 20.3 Å². The van der Waals surface area contributed by atoms with Crippen LogP contribution in [0.15, 0.2) is 12.2 Å². The van der Waals surface area contributed by atoms with Gasteiger partial charge in [-0.25, -0.2) is 0 Å². The minimum absolute atomic E-state index is 0.00114. The fourth-order valence-electron chi connectivity index (χ4n) is 8.40. The number of allylic oxidation sites excluding steroid dienone is 2. The molecule has 3 N–H and O–H groups in total. The van der Waals surface area contributed by atoms with E-state index in [4.69, 9.17) is 4.74 Å². The zero-order valence-electron chi connectivity index (χ0n) is 40.5. The summed E-state index contributed by atoms with van der Waals surface area (Å²) in [6.45, 7) is 4.92. The molecule has 0 aliphatic carbocycles. The van der Waals surface area contributed by atoms with Crippen molar-refractivity contribution in [1.29, 1.82) is 0 Å². The number of aliphatic hydroxyl groups is 2. The molecule has 0 aliphatic heterocycles. The summed E-state index contributed by atoms with van der Waals surface area (Å²) in [5, 5.41) is 23.1. The minimum atomic E-state index is -0.663. The Morgan fingerprint density at radius 3 is 1.18 bits per heavy atom. The molecule has 0 heterocycles. The summed E-state index contributed by atoms with van der Waals surface area (Å²) in [6, 6.07) is -0.540. The first kappa shape index (κ1) is 58.6. The van der Waals surface area contributed by atoms with Gasteiger partial charge in [-0.2, -0.15) is 0 Å². The average Bonchev–Trinajstić information content (AvgIpc) is 3.25. The Morgan fingerprint density at radius 2 is 0.783 bits per heavy atom. The predicted octanol–water partition coefficient (Wildman–Crippen LogP) is 16.1. The van der Waals surface area contributed by atoms with E-state index in [0.29, 0.717) is 25.9 Å². The molecule has 6 heteroatoms. The molecule has 0 bridgehead atoms. The number of rotatable bonds is 50. The first-order valence-electron chi connectivity index (χ1n) is 26.9.